The summed E-state index contributed by atoms with van der Waals surface area (Å²) in [6.45, 7) is 2.04. The number of benzene rings is 1. The van der Waals surface area contributed by atoms with E-state index in [1.807, 2.05) is 25.1 Å². The Labute approximate surface area is 81.0 Å². The van der Waals surface area contributed by atoms with E-state index >= 15 is 0 Å². The minimum Gasteiger partial charge on any atom is -0.238 e. The van der Waals surface area contributed by atoms with Gasteiger partial charge in [0.05, 0.1) is 5.52 Å². The van der Waals surface area contributed by atoms with Gasteiger partial charge in [0.15, 0.2) is 0 Å². The van der Waals surface area contributed by atoms with Crippen LogP contribution >= 0.6 is 12.2 Å². The van der Waals surface area contributed by atoms with Crippen LogP contribution in [0.4, 0.5) is 0 Å². The van der Waals surface area contributed by atoms with Gasteiger partial charge in [0.1, 0.15) is 4.64 Å². The molecule has 1 aromatic heterocycles. The van der Waals surface area contributed by atoms with Crippen molar-refractivity contribution in [2.24, 2.45) is 7.05 Å². The lowest BCUT2D eigenvalue weighted by molar-refractivity contribution is 0.671. The quantitative estimate of drug-likeness (QED) is 0.597. The SMILES string of the molecule is Cc1ccc2nnn(C)c(=S)c2c1. The lowest BCUT2D eigenvalue weighted by atomic mass is 10.2. The number of aromatic nitrogens is 3. The first-order valence-corrected chi connectivity index (χ1v) is 4.39. The molecule has 4 heteroatoms. The number of hydrogen-bond donors (Lipinski definition) is 0. The van der Waals surface area contributed by atoms with Crippen molar-refractivity contribution >= 4 is 23.1 Å². The fourth-order valence-corrected chi connectivity index (χ4v) is 1.44. The highest BCUT2D eigenvalue weighted by atomic mass is 32.1. The van der Waals surface area contributed by atoms with Crippen LogP contribution in [0, 0.1) is 11.6 Å². The fraction of sp³-hybridized carbons (Fsp3) is 0.222. The third-order valence-electron chi connectivity index (χ3n) is 1.96. The van der Waals surface area contributed by atoms with E-state index in [2.05, 4.69) is 10.3 Å². The molecule has 13 heavy (non-hydrogen) atoms. The summed E-state index contributed by atoms with van der Waals surface area (Å²) in [7, 11) is 1.80. The summed E-state index contributed by atoms with van der Waals surface area (Å²) in [5.41, 5.74) is 2.04. The molecule has 0 radical (unpaired) electrons. The first-order chi connectivity index (χ1) is 6.18. The van der Waals surface area contributed by atoms with Crippen LogP contribution in [0.5, 0.6) is 0 Å². The van der Waals surface area contributed by atoms with Crippen molar-refractivity contribution in [3.05, 3.63) is 28.4 Å². The summed E-state index contributed by atoms with van der Waals surface area (Å²) in [4.78, 5) is 0. The minimum atomic E-state index is 0.730. The van der Waals surface area contributed by atoms with E-state index in [9.17, 15) is 0 Å². The highest BCUT2D eigenvalue weighted by Gasteiger charge is 1.98. The maximum Gasteiger partial charge on any atom is 0.133 e. The fourth-order valence-electron chi connectivity index (χ4n) is 1.24. The van der Waals surface area contributed by atoms with E-state index in [1.54, 1.807) is 11.7 Å². The number of rotatable bonds is 0. The molecule has 0 saturated carbocycles. The second kappa shape index (κ2) is 2.88. The molecule has 0 amide bonds. The average Bonchev–Trinajstić information content (AvgIpc) is 2.12. The summed E-state index contributed by atoms with van der Waals surface area (Å²) >= 11 is 5.22. The third kappa shape index (κ3) is 1.33. The summed E-state index contributed by atoms with van der Waals surface area (Å²) in [6.07, 6.45) is 0. The number of nitrogens with zero attached hydrogens (tertiary/aromatic N) is 3. The monoisotopic (exact) mass is 191 g/mol. The molecule has 0 unspecified atom stereocenters. The highest BCUT2D eigenvalue weighted by Crippen LogP contribution is 2.13. The molecule has 3 nitrogen and oxygen atoms in total. The molecule has 0 bridgehead atoms. The standard InChI is InChI=1S/C9H9N3S/c1-6-3-4-8-7(5-6)9(13)12(2)11-10-8/h3-5H,1-2H3. The van der Waals surface area contributed by atoms with Crippen LogP contribution in [0.1, 0.15) is 5.56 Å². The molecule has 0 atom stereocenters. The Morgan fingerprint density at radius 3 is 2.92 bits per heavy atom. The van der Waals surface area contributed by atoms with Crippen molar-refractivity contribution in [3.8, 4) is 0 Å². The Morgan fingerprint density at radius 1 is 1.38 bits per heavy atom. The lowest BCUT2D eigenvalue weighted by Gasteiger charge is -2.00. The molecule has 2 rings (SSSR count). The van der Waals surface area contributed by atoms with Crippen molar-refractivity contribution in [2.45, 2.75) is 6.92 Å². The summed E-state index contributed by atoms with van der Waals surface area (Å²) < 4.78 is 2.34. The van der Waals surface area contributed by atoms with E-state index in [4.69, 9.17) is 12.2 Å². The van der Waals surface area contributed by atoms with Gasteiger partial charge in [-0.15, -0.1) is 5.10 Å². The van der Waals surface area contributed by atoms with Crippen molar-refractivity contribution in [1.82, 2.24) is 15.0 Å². The van der Waals surface area contributed by atoms with Gasteiger partial charge < -0.3 is 0 Å². The molecule has 2 aromatic rings. The van der Waals surface area contributed by atoms with Gasteiger partial charge in [-0.05, 0) is 19.1 Å². The Kier molecular flexibility index (Phi) is 1.84. The van der Waals surface area contributed by atoms with Gasteiger partial charge in [0, 0.05) is 12.4 Å². The number of fused-ring (bicyclic) bond motifs is 1. The molecule has 0 spiro atoms. The summed E-state index contributed by atoms with van der Waals surface area (Å²) in [5, 5.41) is 8.92. The predicted molar refractivity (Wildman–Crippen MR) is 54.1 cm³/mol. The van der Waals surface area contributed by atoms with E-state index < -0.39 is 0 Å². The second-order valence-corrected chi connectivity index (χ2v) is 3.43. The Bertz CT molecular complexity index is 510. The van der Waals surface area contributed by atoms with Crippen LogP contribution in [-0.2, 0) is 7.05 Å². The van der Waals surface area contributed by atoms with Crippen LogP contribution in [0.25, 0.3) is 10.9 Å². The second-order valence-electron chi connectivity index (χ2n) is 3.04. The van der Waals surface area contributed by atoms with E-state index in [-0.39, 0.29) is 0 Å². The Morgan fingerprint density at radius 2 is 2.15 bits per heavy atom. The van der Waals surface area contributed by atoms with Crippen LogP contribution in [0.3, 0.4) is 0 Å². The van der Waals surface area contributed by atoms with Crippen LogP contribution in [0.15, 0.2) is 18.2 Å². The lowest BCUT2D eigenvalue weighted by Crippen LogP contribution is -2.01. The van der Waals surface area contributed by atoms with Gasteiger partial charge >= 0.3 is 0 Å². The average molecular weight is 191 g/mol. The normalized spacial score (nSPS) is 10.6. The van der Waals surface area contributed by atoms with Crippen molar-refractivity contribution in [1.29, 1.82) is 0 Å². The van der Waals surface area contributed by atoms with Gasteiger partial charge in [-0.3, -0.25) is 0 Å². The van der Waals surface area contributed by atoms with Crippen LogP contribution in [-0.4, -0.2) is 15.0 Å². The molecule has 0 aliphatic rings. The maximum atomic E-state index is 5.22. The van der Waals surface area contributed by atoms with Gasteiger partial charge in [-0.25, -0.2) is 4.68 Å². The first-order valence-electron chi connectivity index (χ1n) is 3.99. The zero-order chi connectivity index (χ0) is 9.42. The molecule has 0 fully saturated rings. The highest BCUT2D eigenvalue weighted by molar-refractivity contribution is 7.71. The van der Waals surface area contributed by atoms with E-state index in [0.29, 0.717) is 0 Å². The third-order valence-corrected chi connectivity index (χ3v) is 2.45. The molecular weight excluding hydrogens is 182 g/mol. The minimum absolute atomic E-state index is 0.730. The van der Waals surface area contributed by atoms with Crippen molar-refractivity contribution in [2.75, 3.05) is 0 Å². The Hall–Kier alpha value is -1.29. The van der Waals surface area contributed by atoms with Gasteiger partial charge in [0.25, 0.3) is 0 Å². The smallest absolute Gasteiger partial charge is 0.133 e. The van der Waals surface area contributed by atoms with E-state index in [0.717, 1.165) is 15.5 Å². The predicted octanol–water partition coefficient (Wildman–Crippen LogP) is 2.01. The van der Waals surface area contributed by atoms with Crippen molar-refractivity contribution in [3.63, 3.8) is 0 Å². The van der Waals surface area contributed by atoms with Gasteiger partial charge in [-0.1, -0.05) is 29.1 Å². The number of aryl methyl sites for hydroxylation is 2. The zero-order valence-corrected chi connectivity index (χ0v) is 8.30. The van der Waals surface area contributed by atoms with Crippen LogP contribution < -0.4 is 0 Å². The molecule has 0 aliphatic carbocycles. The summed E-state index contributed by atoms with van der Waals surface area (Å²) in [5.74, 6) is 0. The Balaban J connectivity index is 2.97. The molecule has 0 aliphatic heterocycles. The van der Waals surface area contributed by atoms with Crippen molar-refractivity contribution < 1.29 is 0 Å². The van der Waals surface area contributed by atoms with E-state index in [1.165, 1.54) is 5.56 Å². The van der Waals surface area contributed by atoms with Gasteiger partial charge in [-0.2, -0.15) is 0 Å². The maximum absolute atomic E-state index is 5.22. The molecular formula is C9H9N3S. The zero-order valence-electron chi connectivity index (χ0n) is 7.48. The number of hydrogen-bond acceptors (Lipinski definition) is 3. The first kappa shape index (κ1) is 8.31. The largest absolute Gasteiger partial charge is 0.238 e. The molecule has 66 valence electrons. The topological polar surface area (TPSA) is 30.7 Å². The van der Waals surface area contributed by atoms with Gasteiger partial charge in [0.2, 0.25) is 0 Å². The molecule has 1 heterocycles. The molecule has 0 saturated heterocycles. The molecule has 1 aromatic carbocycles. The summed E-state index contributed by atoms with van der Waals surface area (Å²) in [6, 6.07) is 5.98. The van der Waals surface area contributed by atoms with Crippen LogP contribution in [0.2, 0.25) is 0 Å². The molecule has 0 N–H and O–H groups in total.